The number of hydrogen-bond donors (Lipinski definition) is 0. The third kappa shape index (κ3) is 4.63. The highest BCUT2D eigenvalue weighted by molar-refractivity contribution is 7.39. The summed E-state index contributed by atoms with van der Waals surface area (Å²) >= 11 is 0. The Morgan fingerprint density at radius 2 is 1.84 bits per heavy atom. The molecular weight excluding hydrogens is 276 g/mol. The minimum Gasteiger partial charge on any atom is -0.453 e. The summed E-state index contributed by atoms with van der Waals surface area (Å²) < 4.78 is 15.2. The maximum absolute atomic E-state index is 5.60. The van der Waals surface area contributed by atoms with Gasteiger partial charge in [0, 0.05) is 0 Å². The Bertz CT molecular complexity index is 559. The van der Waals surface area contributed by atoms with E-state index in [1.54, 1.807) is 0 Å². The first-order valence-electron chi connectivity index (χ1n) is 5.87. The molecule has 2 aromatic carbocycles. The van der Waals surface area contributed by atoms with Crippen LogP contribution >= 0.6 is 17.6 Å². The molecule has 0 aromatic heterocycles. The average molecular weight is 291 g/mol. The van der Waals surface area contributed by atoms with Crippen LogP contribution in [-0.4, -0.2) is 0 Å². The predicted octanol–water partition coefficient (Wildman–Crippen LogP) is 5.31. The van der Waals surface area contributed by atoms with Crippen LogP contribution in [0, 0.1) is 13.8 Å². The normalized spacial score (nSPS) is 11.3. The Balaban J connectivity index is 1.80. The molecule has 2 aromatic rings. The third-order valence-electron chi connectivity index (χ3n) is 2.46. The highest BCUT2D eigenvalue weighted by Crippen LogP contribution is 2.29. The first-order chi connectivity index (χ1) is 9.25. The molecule has 3 nitrogen and oxygen atoms in total. The van der Waals surface area contributed by atoms with Gasteiger partial charge in [0.05, 0.1) is 0 Å². The monoisotopic (exact) mass is 291 g/mol. The summed E-state index contributed by atoms with van der Waals surface area (Å²) in [5.41, 5.74) is 2.36. The predicted molar refractivity (Wildman–Crippen MR) is 81.3 cm³/mol. The van der Waals surface area contributed by atoms with Crippen molar-refractivity contribution in [3.63, 3.8) is 0 Å². The van der Waals surface area contributed by atoms with Gasteiger partial charge in [-0.3, -0.25) is 0 Å². The molecule has 0 radical (unpaired) electrons. The largest absolute Gasteiger partial charge is 0.453 e. The lowest BCUT2D eigenvalue weighted by Gasteiger charge is -2.05. The van der Waals surface area contributed by atoms with Crippen molar-refractivity contribution in [2.45, 2.75) is 13.8 Å². The number of hydrogen-bond acceptors (Lipinski definition) is 3. The van der Waals surface area contributed by atoms with E-state index < -0.39 is 0 Å². The van der Waals surface area contributed by atoms with E-state index in [1.807, 2.05) is 49.4 Å². The van der Waals surface area contributed by atoms with Gasteiger partial charge >= 0.3 is 0 Å². The number of nitrogens with zero attached hydrogens (tertiary/aromatic N) is 1. The lowest BCUT2D eigenvalue weighted by Crippen LogP contribution is -1.83. The van der Waals surface area contributed by atoms with Gasteiger partial charge in [0.25, 0.3) is 0 Å². The Labute approximate surface area is 116 Å². The fraction of sp³-hybridized carbons (Fsp3) is 0.143. The van der Waals surface area contributed by atoms with Crippen LogP contribution in [0.15, 0.2) is 53.0 Å². The summed E-state index contributed by atoms with van der Waals surface area (Å²) in [7, 11) is 0.600. The minimum atomic E-state index is 0.0422. The van der Waals surface area contributed by atoms with Gasteiger partial charge in [0.1, 0.15) is 11.5 Å². The highest BCUT2D eigenvalue weighted by atomic mass is 31.1. The molecule has 0 bridgehead atoms. The van der Waals surface area contributed by atoms with Crippen molar-refractivity contribution >= 4 is 17.6 Å². The molecular formula is C14H15NO2P2. The number of benzene rings is 2. The second-order valence-corrected chi connectivity index (χ2v) is 5.58. The molecule has 0 saturated heterocycles. The summed E-state index contributed by atoms with van der Waals surface area (Å²) in [6, 6.07) is 15.7. The van der Waals surface area contributed by atoms with E-state index in [1.165, 1.54) is 5.56 Å². The molecule has 5 heteroatoms. The van der Waals surface area contributed by atoms with Gasteiger partial charge in [-0.05, 0) is 37.6 Å². The zero-order valence-corrected chi connectivity index (χ0v) is 12.7. The zero-order valence-electron chi connectivity index (χ0n) is 10.8. The lowest BCUT2D eigenvalue weighted by molar-refractivity contribution is 0.622. The van der Waals surface area contributed by atoms with Gasteiger partial charge in [-0.15, -0.1) is 0 Å². The van der Waals surface area contributed by atoms with Gasteiger partial charge in [-0.2, -0.15) is 4.52 Å². The van der Waals surface area contributed by atoms with Gasteiger partial charge < -0.3 is 9.05 Å². The van der Waals surface area contributed by atoms with Crippen LogP contribution in [0.25, 0.3) is 0 Å². The Morgan fingerprint density at radius 3 is 2.58 bits per heavy atom. The fourth-order valence-corrected chi connectivity index (χ4v) is 2.55. The molecule has 98 valence electrons. The molecule has 0 N–H and O–H groups in total. The zero-order chi connectivity index (χ0) is 13.5. The topological polar surface area (TPSA) is 30.8 Å². The Hall–Kier alpha value is -1.43. The average Bonchev–Trinajstić information content (AvgIpc) is 2.42. The van der Waals surface area contributed by atoms with Crippen molar-refractivity contribution in [3.05, 3.63) is 59.7 Å². The van der Waals surface area contributed by atoms with E-state index in [-0.39, 0.29) is 8.96 Å². The van der Waals surface area contributed by atoms with Crippen molar-refractivity contribution < 1.29 is 9.05 Å². The van der Waals surface area contributed by atoms with Crippen LogP contribution in [0.5, 0.6) is 11.5 Å². The molecule has 1 atom stereocenters. The Morgan fingerprint density at radius 1 is 1.05 bits per heavy atom. The van der Waals surface area contributed by atoms with Crippen molar-refractivity contribution in [2.75, 3.05) is 0 Å². The van der Waals surface area contributed by atoms with Crippen LogP contribution in [0.3, 0.4) is 0 Å². The summed E-state index contributed by atoms with van der Waals surface area (Å²) in [6.45, 7) is 4.10. The second kappa shape index (κ2) is 7.23. The van der Waals surface area contributed by atoms with Crippen LogP contribution in [0.4, 0.5) is 0 Å². The lowest BCUT2D eigenvalue weighted by atomic mass is 10.1. The fourth-order valence-electron chi connectivity index (χ4n) is 1.55. The van der Waals surface area contributed by atoms with E-state index in [2.05, 4.69) is 17.5 Å². The van der Waals surface area contributed by atoms with Crippen molar-refractivity contribution in [1.29, 1.82) is 0 Å². The molecule has 0 amide bonds. The van der Waals surface area contributed by atoms with Crippen LogP contribution < -0.4 is 9.05 Å². The molecule has 2 rings (SSSR count). The van der Waals surface area contributed by atoms with Crippen LogP contribution in [0.2, 0.25) is 0 Å². The van der Waals surface area contributed by atoms with Gasteiger partial charge in [0.15, 0.2) is 0 Å². The van der Waals surface area contributed by atoms with Crippen molar-refractivity contribution in [2.24, 2.45) is 4.52 Å². The Kier molecular flexibility index (Phi) is 5.32. The molecule has 0 spiro atoms. The third-order valence-corrected chi connectivity index (χ3v) is 3.71. The quantitative estimate of drug-likeness (QED) is 0.698. The SMILES string of the molecule is Cc1ccc(OPN=POc2ccccc2)c(C)c1. The van der Waals surface area contributed by atoms with Crippen LogP contribution in [-0.2, 0) is 0 Å². The van der Waals surface area contributed by atoms with Crippen molar-refractivity contribution in [3.8, 4) is 11.5 Å². The van der Waals surface area contributed by atoms with E-state index in [0.29, 0.717) is 8.60 Å². The second-order valence-electron chi connectivity index (χ2n) is 4.05. The summed E-state index contributed by atoms with van der Waals surface area (Å²) in [5.74, 6) is 1.69. The molecule has 0 aliphatic rings. The highest BCUT2D eigenvalue weighted by Gasteiger charge is 1.98. The van der Waals surface area contributed by atoms with Crippen molar-refractivity contribution in [1.82, 2.24) is 0 Å². The van der Waals surface area contributed by atoms with E-state index in [4.69, 9.17) is 9.05 Å². The molecule has 0 saturated carbocycles. The minimum absolute atomic E-state index is 0.0422. The number of para-hydroxylation sites is 1. The van der Waals surface area contributed by atoms with E-state index in [9.17, 15) is 0 Å². The van der Waals surface area contributed by atoms with E-state index in [0.717, 1.165) is 17.1 Å². The number of rotatable bonds is 5. The molecule has 0 heterocycles. The molecule has 19 heavy (non-hydrogen) atoms. The van der Waals surface area contributed by atoms with Gasteiger partial charge in [0.2, 0.25) is 17.6 Å². The molecule has 0 aliphatic carbocycles. The van der Waals surface area contributed by atoms with Crippen LogP contribution in [0.1, 0.15) is 11.1 Å². The van der Waals surface area contributed by atoms with Gasteiger partial charge in [-0.25, -0.2) is 0 Å². The smallest absolute Gasteiger partial charge is 0.249 e. The first kappa shape index (κ1) is 14.0. The maximum atomic E-state index is 5.60. The molecule has 1 unspecified atom stereocenters. The standard InChI is InChI=1S/C14H15NO2P2/c1-11-8-9-14(12(2)10-11)17-19-15-18-16-13-6-4-3-5-7-13/h3-10,19H,1-2H3. The summed E-state index contributed by atoms with van der Waals surface area (Å²) in [5, 5.41) is 0. The number of aryl methyl sites for hydroxylation is 2. The maximum Gasteiger partial charge on any atom is 0.249 e. The molecule has 0 fully saturated rings. The molecule has 0 aliphatic heterocycles. The summed E-state index contributed by atoms with van der Waals surface area (Å²) in [6.07, 6.45) is 0. The van der Waals surface area contributed by atoms with E-state index >= 15 is 0 Å². The van der Waals surface area contributed by atoms with Gasteiger partial charge in [-0.1, -0.05) is 35.9 Å². The first-order valence-corrected chi connectivity index (χ1v) is 7.49. The summed E-state index contributed by atoms with van der Waals surface area (Å²) in [4.78, 5) is 0.